The fourth-order valence-corrected chi connectivity index (χ4v) is 1.42. The van der Waals surface area contributed by atoms with Crippen LogP contribution in [0.2, 0.25) is 0 Å². The van der Waals surface area contributed by atoms with Crippen LogP contribution < -0.4 is 10.6 Å². The highest BCUT2D eigenvalue weighted by Crippen LogP contribution is 2.17. The van der Waals surface area contributed by atoms with Gasteiger partial charge in [0.15, 0.2) is 0 Å². The summed E-state index contributed by atoms with van der Waals surface area (Å²) in [6.45, 7) is 8.33. The molecule has 0 saturated carbocycles. The van der Waals surface area contributed by atoms with Crippen molar-refractivity contribution >= 4 is 5.91 Å². The van der Waals surface area contributed by atoms with Gasteiger partial charge in [0.25, 0.3) is 0 Å². The molecule has 1 heterocycles. The highest BCUT2D eigenvalue weighted by atomic mass is 16.1. The van der Waals surface area contributed by atoms with Crippen molar-refractivity contribution in [1.82, 2.24) is 10.6 Å². The van der Waals surface area contributed by atoms with E-state index < -0.39 is 0 Å². The van der Waals surface area contributed by atoms with E-state index in [4.69, 9.17) is 0 Å². The Hall–Kier alpha value is -1.25. The number of carbonyl (C=O) groups excluding carboxylic acids is 1. The van der Waals surface area contributed by atoms with Gasteiger partial charge in [-0.15, -0.1) is 6.58 Å². The first kappa shape index (κ1) is 9.84. The molecule has 0 aromatic carbocycles. The molecule has 13 heavy (non-hydrogen) atoms. The van der Waals surface area contributed by atoms with Gasteiger partial charge in [-0.3, -0.25) is 4.79 Å². The lowest BCUT2D eigenvalue weighted by atomic mass is 9.95. The molecule has 2 N–H and O–H groups in total. The van der Waals surface area contributed by atoms with E-state index >= 15 is 0 Å². The summed E-state index contributed by atoms with van der Waals surface area (Å²) >= 11 is 0. The minimum atomic E-state index is -0.144. The molecule has 0 aliphatic carbocycles. The van der Waals surface area contributed by atoms with Crippen molar-refractivity contribution in [2.24, 2.45) is 0 Å². The average molecular weight is 180 g/mol. The van der Waals surface area contributed by atoms with Crippen LogP contribution in [-0.4, -0.2) is 18.0 Å². The molecule has 0 radical (unpaired) electrons. The van der Waals surface area contributed by atoms with Gasteiger partial charge in [-0.1, -0.05) is 6.08 Å². The van der Waals surface area contributed by atoms with Crippen LogP contribution in [0.4, 0.5) is 0 Å². The summed E-state index contributed by atoms with van der Waals surface area (Å²) in [5, 5.41) is 6.02. The van der Waals surface area contributed by atoms with Crippen LogP contribution in [0.5, 0.6) is 0 Å². The minimum absolute atomic E-state index is 0.0252. The van der Waals surface area contributed by atoms with Gasteiger partial charge in [0.1, 0.15) is 0 Å². The van der Waals surface area contributed by atoms with Gasteiger partial charge in [0.05, 0.1) is 0 Å². The van der Waals surface area contributed by atoms with Crippen LogP contribution in [0, 0.1) is 0 Å². The zero-order chi connectivity index (χ0) is 9.90. The Labute approximate surface area is 78.9 Å². The molecular weight excluding hydrogens is 164 g/mol. The summed E-state index contributed by atoms with van der Waals surface area (Å²) < 4.78 is 0. The Morgan fingerprint density at radius 2 is 2.46 bits per heavy atom. The van der Waals surface area contributed by atoms with Crippen LogP contribution in [-0.2, 0) is 4.79 Å². The molecule has 1 rings (SSSR count). The molecule has 0 aromatic rings. The van der Waals surface area contributed by atoms with E-state index in [9.17, 15) is 4.79 Å². The molecule has 1 aliphatic rings. The van der Waals surface area contributed by atoms with Crippen molar-refractivity contribution in [3.8, 4) is 0 Å². The topological polar surface area (TPSA) is 41.1 Å². The van der Waals surface area contributed by atoms with E-state index in [1.54, 1.807) is 12.2 Å². The highest BCUT2D eigenvalue weighted by Gasteiger charge is 2.25. The van der Waals surface area contributed by atoms with Gasteiger partial charge < -0.3 is 10.6 Å². The SMILES string of the molecule is C=CCNC1=CC(=O)NC(C)(C)C1. The summed E-state index contributed by atoms with van der Waals surface area (Å²) in [5.41, 5.74) is 0.837. The maximum Gasteiger partial charge on any atom is 0.246 e. The first-order valence-corrected chi connectivity index (χ1v) is 4.41. The fourth-order valence-electron chi connectivity index (χ4n) is 1.42. The van der Waals surface area contributed by atoms with E-state index in [0.29, 0.717) is 6.54 Å². The quantitative estimate of drug-likeness (QED) is 0.635. The second-order valence-electron chi connectivity index (χ2n) is 3.89. The van der Waals surface area contributed by atoms with Crippen LogP contribution in [0.1, 0.15) is 20.3 Å². The molecule has 0 atom stereocenters. The van der Waals surface area contributed by atoms with Crippen molar-refractivity contribution in [3.05, 3.63) is 24.4 Å². The number of carbonyl (C=O) groups is 1. The lowest BCUT2D eigenvalue weighted by Crippen LogP contribution is -2.47. The largest absolute Gasteiger partial charge is 0.385 e. The Balaban J connectivity index is 2.63. The molecule has 0 unspecified atom stereocenters. The molecular formula is C10H16N2O. The maximum absolute atomic E-state index is 11.2. The average Bonchev–Trinajstić information content (AvgIpc) is 1.97. The second-order valence-corrected chi connectivity index (χ2v) is 3.89. The van der Waals surface area contributed by atoms with E-state index in [0.717, 1.165) is 12.1 Å². The Bertz CT molecular complexity index is 254. The fraction of sp³-hybridized carbons (Fsp3) is 0.500. The van der Waals surface area contributed by atoms with Crippen LogP contribution in [0.25, 0.3) is 0 Å². The van der Waals surface area contributed by atoms with E-state index in [1.807, 2.05) is 13.8 Å². The van der Waals surface area contributed by atoms with Gasteiger partial charge in [-0.2, -0.15) is 0 Å². The van der Waals surface area contributed by atoms with Gasteiger partial charge in [-0.05, 0) is 13.8 Å². The monoisotopic (exact) mass is 180 g/mol. The van der Waals surface area contributed by atoms with Crippen LogP contribution in [0.3, 0.4) is 0 Å². The highest BCUT2D eigenvalue weighted by molar-refractivity contribution is 5.89. The third kappa shape index (κ3) is 2.93. The summed E-state index contributed by atoms with van der Waals surface area (Å²) in [7, 11) is 0. The third-order valence-electron chi connectivity index (χ3n) is 1.87. The molecule has 1 aliphatic heterocycles. The summed E-state index contributed by atoms with van der Waals surface area (Å²) in [5.74, 6) is -0.0252. The van der Waals surface area contributed by atoms with E-state index in [-0.39, 0.29) is 11.4 Å². The molecule has 0 fully saturated rings. The predicted molar refractivity (Wildman–Crippen MR) is 53.1 cm³/mol. The van der Waals surface area contributed by atoms with Crippen LogP contribution >= 0.6 is 0 Å². The van der Waals surface area contributed by atoms with Crippen molar-refractivity contribution < 1.29 is 4.79 Å². The number of hydrogen-bond acceptors (Lipinski definition) is 2. The number of rotatable bonds is 3. The van der Waals surface area contributed by atoms with Crippen molar-refractivity contribution in [1.29, 1.82) is 0 Å². The first-order chi connectivity index (χ1) is 6.03. The molecule has 0 bridgehead atoms. The molecule has 1 amide bonds. The number of amides is 1. The second kappa shape index (κ2) is 3.64. The molecule has 0 aromatic heterocycles. The van der Waals surface area contributed by atoms with E-state index in [2.05, 4.69) is 17.2 Å². The van der Waals surface area contributed by atoms with Crippen LogP contribution in [0.15, 0.2) is 24.4 Å². The Morgan fingerprint density at radius 1 is 1.77 bits per heavy atom. The minimum Gasteiger partial charge on any atom is -0.385 e. The summed E-state index contributed by atoms with van der Waals surface area (Å²) in [4.78, 5) is 11.2. The lowest BCUT2D eigenvalue weighted by Gasteiger charge is -2.31. The molecule has 0 spiro atoms. The Morgan fingerprint density at radius 3 is 3.00 bits per heavy atom. The zero-order valence-corrected chi connectivity index (χ0v) is 8.18. The van der Waals surface area contributed by atoms with Gasteiger partial charge >= 0.3 is 0 Å². The van der Waals surface area contributed by atoms with E-state index in [1.165, 1.54) is 0 Å². The summed E-state index contributed by atoms with van der Waals surface area (Å²) in [6, 6.07) is 0. The normalized spacial score (nSPS) is 20.2. The standard InChI is InChI=1S/C10H16N2O/c1-4-5-11-8-6-9(13)12-10(2,3)7-8/h4,6,11H,1,5,7H2,2-3H3,(H,12,13). The number of nitrogens with one attached hydrogen (secondary N) is 2. The maximum atomic E-state index is 11.2. The summed E-state index contributed by atoms with van der Waals surface area (Å²) in [6.07, 6.45) is 4.22. The molecule has 0 saturated heterocycles. The predicted octanol–water partition coefficient (Wildman–Crippen LogP) is 0.944. The molecule has 3 nitrogen and oxygen atoms in total. The van der Waals surface area contributed by atoms with Gasteiger partial charge in [-0.25, -0.2) is 0 Å². The van der Waals surface area contributed by atoms with Gasteiger partial charge in [0, 0.05) is 30.3 Å². The molecule has 3 heteroatoms. The van der Waals surface area contributed by atoms with Gasteiger partial charge in [0.2, 0.25) is 5.91 Å². The Kier molecular flexibility index (Phi) is 2.76. The lowest BCUT2D eigenvalue weighted by molar-refractivity contribution is -0.118. The zero-order valence-electron chi connectivity index (χ0n) is 8.18. The smallest absolute Gasteiger partial charge is 0.246 e. The number of hydrogen-bond donors (Lipinski definition) is 2. The van der Waals surface area contributed by atoms with Crippen molar-refractivity contribution in [3.63, 3.8) is 0 Å². The van der Waals surface area contributed by atoms with Crippen molar-refractivity contribution in [2.45, 2.75) is 25.8 Å². The van der Waals surface area contributed by atoms with Crippen molar-refractivity contribution in [2.75, 3.05) is 6.54 Å². The first-order valence-electron chi connectivity index (χ1n) is 4.41. The molecule has 72 valence electrons. The third-order valence-corrected chi connectivity index (χ3v) is 1.87.